The third kappa shape index (κ3) is 3.39. The fraction of sp³-hybridized carbons (Fsp3) is 0.600. The first-order chi connectivity index (χ1) is 12.1. The molecule has 1 aliphatic heterocycles. The fourth-order valence-corrected chi connectivity index (χ4v) is 4.08. The van der Waals surface area contributed by atoms with Crippen molar-refractivity contribution in [3.05, 3.63) is 16.1 Å². The van der Waals surface area contributed by atoms with Crippen LogP contribution in [0.4, 0.5) is 18.0 Å². The molecule has 1 spiro atoms. The number of aromatic nitrogens is 1. The number of thiazole rings is 1. The van der Waals surface area contributed by atoms with Gasteiger partial charge in [0, 0.05) is 5.38 Å². The minimum Gasteiger partial charge on any atom is -0.346 e. The molecular formula is C15H17F3N4O3S. The maximum absolute atomic E-state index is 12.6. The number of halogens is 3. The predicted octanol–water partition coefficient (Wildman–Crippen LogP) is 2.20. The lowest BCUT2D eigenvalue weighted by Crippen LogP contribution is -2.45. The quantitative estimate of drug-likeness (QED) is 0.771. The van der Waals surface area contributed by atoms with Crippen LogP contribution in [0.1, 0.15) is 49.4 Å². The number of rotatable bonds is 4. The first-order valence-electron chi connectivity index (χ1n) is 8.08. The number of alkyl halides is 3. The lowest BCUT2D eigenvalue weighted by atomic mass is 9.98. The molecule has 2 fully saturated rings. The average molecular weight is 390 g/mol. The molecule has 1 atom stereocenters. The molecule has 1 saturated heterocycles. The molecule has 1 aromatic rings. The first-order valence-corrected chi connectivity index (χ1v) is 8.96. The minimum absolute atomic E-state index is 0.0927. The van der Waals surface area contributed by atoms with E-state index in [1.165, 1.54) is 6.92 Å². The summed E-state index contributed by atoms with van der Waals surface area (Å²) < 4.78 is 37.8. The van der Waals surface area contributed by atoms with Crippen LogP contribution in [-0.2, 0) is 15.8 Å². The summed E-state index contributed by atoms with van der Waals surface area (Å²) in [7, 11) is 0. The van der Waals surface area contributed by atoms with Gasteiger partial charge in [0.25, 0.3) is 5.91 Å². The van der Waals surface area contributed by atoms with Crippen LogP contribution in [0.2, 0.25) is 0 Å². The Labute approximate surface area is 150 Å². The van der Waals surface area contributed by atoms with Crippen LogP contribution < -0.4 is 10.6 Å². The van der Waals surface area contributed by atoms with Gasteiger partial charge in [0.15, 0.2) is 5.69 Å². The number of carbonyl (C=O) groups excluding carboxylic acids is 3. The zero-order valence-corrected chi connectivity index (χ0v) is 14.7. The lowest BCUT2D eigenvalue weighted by molar-refractivity contribution is -0.140. The number of carbonyl (C=O) groups is 3. The van der Waals surface area contributed by atoms with Gasteiger partial charge in [-0.25, -0.2) is 9.78 Å². The second kappa shape index (κ2) is 6.53. The molecule has 0 radical (unpaired) electrons. The molecule has 3 rings (SSSR count). The third-order valence-electron chi connectivity index (χ3n) is 4.57. The maximum Gasteiger partial charge on any atom is 0.434 e. The summed E-state index contributed by atoms with van der Waals surface area (Å²) in [6.07, 6.45) is -1.80. The first kappa shape index (κ1) is 18.6. The molecule has 26 heavy (non-hydrogen) atoms. The van der Waals surface area contributed by atoms with Crippen LogP contribution in [0.3, 0.4) is 0 Å². The van der Waals surface area contributed by atoms with Gasteiger partial charge in [0.1, 0.15) is 17.1 Å². The zero-order chi connectivity index (χ0) is 19.1. The minimum atomic E-state index is -4.55. The Bertz CT molecular complexity index is 743. The number of nitrogens with zero attached hydrogens (tertiary/aromatic N) is 2. The summed E-state index contributed by atoms with van der Waals surface area (Å²) in [5, 5.41) is 6.10. The number of hydrogen-bond acceptors (Lipinski definition) is 5. The standard InChI is InChI=1S/C15H17F3N4O3S/c1-8(11-20-9(7-26-11)15(16,17)18)19-10(23)6-22-12(24)14(21-13(22)25)4-2-3-5-14/h7-8H,2-6H2,1H3,(H,19,23)(H,21,25)/t8-/m0/s1. The van der Waals surface area contributed by atoms with Gasteiger partial charge in [-0.3, -0.25) is 14.5 Å². The van der Waals surface area contributed by atoms with E-state index in [1.54, 1.807) is 0 Å². The lowest BCUT2D eigenvalue weighted by Gasteiger charge is -2.20. The average Bonchev–Trinajstić information content (AvgIpc) is 3.24. The van der Waals surface area contributed by atoms with Gasteiger partial charge in [0.05, 0.1) is 6.04 Å². The summed E-state index contributed by atoms with van der Waals surface area (Å²) in [6.45, 7) is 1.01. The molecule has 1 aliphatic carbocycles. The molecule has 2 N–H and O–H groups in total. The molecular weight excluding hydrogens is 373 g/mol. The van der Waals surface area contributed by atoms with Gasteiger partial charge in [-0.2, -0.15) is 13.2 Å². The Morgan fingerprint density at radius 2 is 2.08 bits per heavy atom. The van der Waals surface area contributed by atoms with Crippen molar-refractivity contribution in [3.8, 4) is 0 Å². The predicted molar refractivity (Wildman–Crippen MR) is 85.1 cm³/mol. The van der Waals surface area contributed by atoms with Gasteiger partial charge in [-0.05, 0) is 19.8 Å². The monoisotopic (exact) mass is 390 g/mol. The van der Waals surface area contributed by atoms with E-state index in [2.05, 4.69) is 15.6 Å². The van der Waals surface area contributed by atoms with E-state index in [1.807, 2.05) is 0 Å². The molecule has 0 unspecified atom stereocenters. The van der Waals surface area contributed by atoms with Crippen molar-refractivity contribution in [2.24, 2.45) is 0 Å². The van der Waals surface area contributed by atoms with Crippen molar-refractivity contribution in [2.75, 3.05) is 6.54 Å². The van der Waals surface area contributed by atoms with Gasteiger partial charge >= 0.3 is 12.2 Å². The van der Waals surface area contributed by atoms with Gasteiger partial charge in [-0.15, -0.1) is 11.3 Å². The highest BCUT2D eigenvalue weighted by Crippen LogP contribution is 2.35. The highest BCUT2D eigenvalue weighted by Gasteiger charge is 2.52. The highest BCUT2D eigenvalue weighted by molar-refractivity contribution is 7.09. The summed E-state index contributed by atoms with van der Waals surface area (Å²) in [5.41, 5.74) is -1.92. The van der Waals surface area contributed by atoms with Crippen molar-refractivity contribution in [3.63, 3.8) is 0 Å². The van der Waals surface area contributed by atoms with Crippen LogP contribution in [-0.4, -0.2) is 39.8 Å². The molecule has 1 saturated carbocycles. The summed E-state index contributed by atoms with van der Waals surface area (Å²) in [4.78, 5) is 41.0. The Morgan fingerprint density at radius 3 is 2.65 bits per heavy atom. The van der Waals surface area contributed by atoms with Crippen LogP contribution in [0.5, 0.6) is 0 Å². The van der Waals surface area contributed by atoms with Gasteiger partial charge in [0.2, 0.25) is 5.91 Å². The van der Waals surface area contributed by atoms with Crippen molar-refractivity contribution in [1.82, 2.24) is 20.5 Å². The van der Waals surface area contributed by atoms with Crippen molar-refractivity contribution in [1.29, 1.82) is 0 Å². The smallest absolute Gasteiger partial charge is 0.346 e. The number of nitrogens with one attached hydrogen (secondary N) is 2. The number of imide groups is 1. The molecule has 2 heterocycles. The zero-order valence-electron chi connectivity index (χ0n) is 13.9. The van der Waals surface area contributed by atoms with E-state index in [4.69, 9.17) is 0 Å². The van der Waals surface area contributed by atoms with E-state index in [0.29, 0.717) is 12.8 Å². The van der Waals surface area contributed by atoms with Gasteiger partial charge in [-0.1, -0.05) is 12.8 Å². The van der Waals surface area contributed by atoms with E-state index in [-0.39, 0.29) is 5.01 Å². The fourth-order valence-electron chi connectivity index (χ4n) is 3.25. The summed E-state index contributed by atoms with van der Waals surface area (Å²) >= 11 is 0.780. The molecule has 0 aromatic carbocycles. The second-order valence-electron chi connectivity index (χ2n) is 6.47. The molecule has 1 aromatic heterocycles. The molecule has 7 nitrogen and oxygen atoms in total. The largest absolute Gasteiger partial charge is 0.434 e. The van der Waals surface area contributed by atoms with E-state index < -0.39 is 47.8 Å². The van der Waals surface area contributed by atoms with Crippen LogP contribution in [0.15, 0.2) is 5.38 Å². The van der Waals surface area contributed by atoms with Crippen LogP contribution in [0.25, 0.3) is 0 Å². The van der Waals surface area contributed by atoms with E-state index in [9.17, 15) is 27.6 Å². The molecule has 2 aliphatic rings. The molecule has 11 heteroatoms. The molecule has 142 valence electrons. The Kier molecular flexibility index (Phi) is 4.67. The van der Waals surface area contributed by atoms with Crippen molar-refractivity contribution < 1.29 is 27.6 Å². The highest BCUT2D eigenvalue weighted by atomic mass is 32.1. The number of amides is 4. The van der Waals surface area contributed by atoms with Crippen LogP contribution in [0, 0.1) is 0 Å². The van der Waals surface area contributed by atoms with Crippen LogP contribution >= 0.6 is 11.3 Å². The topological polar surface area (TPSA) is 91.4 Å². The second-order valence-corrected chi connectivity index (χ2v) is 7.36. The van der Waals surface area contributed by atoms with Gasteiger partial charge < -0.3 is 10.6 Å². The van der Waals surface area contributed by atoms with Crippen molar-refractivity contribution in [2.45, 2.75) is 50.4 Å². The number of urea groups is 1. The Hall–Kier alpha value is -2.17. The van der Waals surface area contributed by atoms with E-state index >= 15 is 0 Å². The Balaban J connectivity index is 1.61. The summed E-state index contributed by atoms with van der Waals surface area (Å²) in [6, 6.07) is -1.39. The third-order valence-corrected chi connectivity index (χ3v) is 5.59. The number of hydrogen-bond donors (Lipinski definition) is 2. The SMILES string of the molecule is C[C@H](NC(=O)CN1C(=O)NC2(CCCC2)C1=O)c1nc(C(F)(F)F)cs1. The van der Waals surface area contributed by atoms with E-state index in [0.717, 1.165) is 34.5 Å². The Morgan fingerprint density at radius 1 is 1.42 bits per heavy atom. The molecule has 0 bridgehead atoms. The normalized spacial score (nSPS) is 20.5. The maximum atomic E-state index is 12.6. The molecule has 4 amide bonds. The van der Waals surface area contributed by atoms with Crippen molar-refractivity contribution >= 4 is 29.2 Å². The summed E-state index contributed by atoms with van der Waals surface area (Å²) in [5.74, 6) is -1.06.